The molecule has 1 aromatic carbocycles. The Kier molecular flexibility index (Phi) is 6.41. The lowest BCUT2D eigenvalue weighted by Gasteiger charge is -2.38. The summed E-state index contributed by atoms with van der Waals surface area (Å²) in [4.78, 5) is 3.14. The van der Waals surface area contributed by atoms with Crippen LogP contribution < -0.4 is 9.80 Å². The molecule has 0 saturated heterocycles. The van der Waals surface area contributed by atoms with E-state index in [1.807, 2.05) is 0 Å². The molecule has 5 rings (SSSR count). The molecule has 170 valence electrons. The molecule has 1 aromatic heterocycles. The van der Waals surface area contributed by atoms with Gasteiger partial charge in [-0.3, -0.25) is 0 Å². The van der Waals surface area contributed by atoms with Crippen molar-refractivity contribution in [1.82, 2.24) is 4.57 Å². The number of nitrogens with one attached hydrogen (secondary N) is 2. The predicted molar refractivity (Wildman–Crippen MR) is 127 cm³/mol. The molecule has 3 N–H and O–H groups in total. The Morgan fingerprint density at radius 2 is 1.90 bits per heavy atom. The van der Waals surface area contributed by atoms with Gasteiger partial charge < -0.3 is 19.5 Å². The maximum atomic E-state index is 10.9. The van der Waals surface area contributed by atoms with Gasteiger partial charge in [0.25, 0.3) is 0 Å². The number of quaternary nitrogens is 2. The van der Waals surface area contributed by atoms with Crippen LogP contribution in [0.3, 0.4) is 0 Å². The van der Waals surface area contributed by atoms with Gasteiger partial charge in [0, 0.05) is 17.3 Å². The minimum Gasteiger partial charge on any atom is -0.382 e. The molecule has 4 heteroatoms. The number of hydrogen-bond donors (Lipinski definition) is 3. The van der Waals surface area contributed by atoms with E-state index >= 15 is 0 Å². The van der Waals surface area contributed by atoms with E-state index in [0.717, 1.165) is 45.2 Å². The summed E-state index contributed by atoms with van der Waals surface area (Å²) < 4.78 is 2.66. The van der Waals surface area contributed by atoms with Gasteiger partial charge in [0.05, 0.1) is 31.9 Å². The number of aryl methyl sites for hydroxylation is 1. The third-order valence-electron chi connectivity index (χ3n) is 8.73. The highest BCUT2D eigenvalue weighted by atomic mass is 16.3. The van der Waals surface area contributed by atoms with Gasteiger partial charge in [-0.15, -0.1) is 0 Å². The molecule has 1 fully saturated rings. The molecule has 3 atom stereocenters. The Morgan fingerprint density at radius 1 is 1.10 bits per heavy atom. The van der Waals surface area contributed by atoms with Crippen molar-refractivity contribution >= 4 is 10.9 Å². The highest BCUT2D eigenvalue weighted by Crippen LogP contribution is 2.40. The topological polar surface area (TPSA) is 34.0 Å². The fourth-order valence-corrected chi connectivity index (χ4v) is 6.99. The number of benzene rings is 1. The summed E-state index contributed by atoms with van der Waals surface area (Å²) in [5.41, 5.74) is 6.33. The van der Waals surface area contributed by atoms with Crippen molar-refractivity contribution in [2.75, 3.05) is 32.7 Å². The van der Waals surface area contributed by atoms with Gasteiger partial charge in [-0.2, -0.15) is 0 Å². The molecule has 1 unspecified atom stereocenters. The van der Waals surface area contributed by atoms with E-state index in [0.29, 0.717) is 6.04 Å². The van der Waals surface area contributed by atoms with Gasteiger partial charge in [0.15, 0.2) is 6.10 Å². The van der Waals surface area contributed by atoms with Crippen molar-refractivity contribution in [1.29, 1.82) is 0 Å². The Morgan fingerprint density at radius 3 is 2.68 bits per heavy atom. The van der Waals surface area contributed by atoms with Crippen molar-refractivity contribution in [2.45, 2.75) is 89.8 Å². The maximum Gasteiger partial charge on any atom is 0.152 e. The third kappa shape index (κ3) is 4.07. The van der Waals surface area contributed by atoms with Crippen molar-refractivity contribution in [3.05, 3.63) is 35.0 Å². The summed E-state index contributed by atoms with van der Waals surface area (Å²) >= 11 is 0. The molecule has 1 saturated carbocycles. The van der Waals surface area contributed by atoms with Crippen LogP contribution in [0.2, 0.25) is 0 Å². The van der Waals surface area contributed by atoms with Crippen LogP contribution in [0.5, 0.6) is 0 Å². The van der Waals surface area contributed by atoms with Crippen LogP contribution in [0.1, 0.15) is 87.6 Å². The molecule has 3 aliphatic rings. The van der Waals surface area contributed by atoms with Crippen LogP contribution >= 0.6 is 0 Å². The lowest BCUT2D eigenvalue weighted by molar-refractivity contribution is -0.948. The predicted octanol–water partition coefficient (Wildman–Crippen LogP) is 2.25. The molecule has 0 radical (unpaired) electrons. The highest BCUT2D eigenvalue weighted by Gasteiger charge is 2.39. The molecule has 2 aromatic rings. The summed E-state index contributed by atoms with van der Waals surface area (Å²) in [6, 6.07) is 8.03. The maximum absolute atomic E-state index is 10.9. The largest absolute Gasteiger partial charge is 0.382 e. The lowest BCUT2D eigenvalue weighted by atomic mass is 9.83. The Labute approximate surface area is 188 Å². The molecule has 0 bridgehead atoms. The van der Waals surface area contributed by atoms with Gasteiger partial charge in [-0.25, -0.2) is 0 Å². The quantitative estimate of drug-likeness (QED) is 0.625. The lowest BCUT2D eigenvalue weighted by Crippen LogP contribution is -3.17. The zero-order valence-corrected chi connectivity index (χ0v) is 19.8. The first-order chi connectivity index (χ1) is 15.2. The van der Waals surface area contributed by atoms with Gasteiger partial charge in [0.1, 0.15) is 19.1 Å². The molecular formula is C27H43N3O+2. The summed E-state index contributed by atoms with van der Waals surface area (Å²) in [5.74, 6) is 0.779. The second-order valence-corrected chi connectivity index (χ2v) is 10.5. The monoisotopic (exact) mass is 425 g/mol. The molecule has 0 amide bonds. The minimum absolute atomic E-state index is 0.191. The second kappa shape index (κ2) is 9.25. The number of aliphatic hydroxyl groups excluding tert-OH is 1. The van der Waals surface area contributed by atoms with Gasteiger partial charge in [-0.1, -0.05) is 25.3 Å². The summed E-state index contributed by atoms with van der Waals surface area (Å²) in [7, 11) is 0. The SMILES string of the molecule is CC[NH+](CC)C[C@H](O)C[NH+]1CCn2c3c(c4cc(C5CCCCC5)ccc42)CCC[C@@H]31. The van der Waals surface area contributed by atoms with Gasteiger partial charge in [0.2, 0.25) is 0 Å². The standard InChI is InChI=1S/C27H41N3O/c1-3-28(4-2)18-22(31)19-29-15-16-30-25-14-13-21(20-9-6-5-7-10-20)17-24(25)23-11-8-12-26(29)27(23)30/h13-14,17,20,22,26,31H,3-12,15-16,18-19H2,1-2H3/p+2/t22-,26-/m0/s1. The van der Waals surface area contributed by atoms with Crippen molar-refractivity contribution in [3.8, 4) is 0 Å². The van der Waals surface area contributed by atoms with E-state index in [4.69, 9.17) is 0 Å². The van der Waals surface area contributed by atoms with Crippen LogP contribution in [0.25, 0.3) is 10.9 Å². The molecule has 2 heterocycles. The molecule has 2 aliphatic carbocycles. The average Bonchev–Trinajstić information content (AvgIpc) is 3.14. The van der Waals surface area contributed by atoms with E-state index in [1.165, 1.54) is 61.8 Å². The van der Waals surface area contributed by atoms with E-state index < -0.39 is 0 Å². The Hall–Kier alpha value is -1.36. The number of fused-ring (bicyclic) bond motifs is 3. The van der Waals surface area contributed by atoms with E-state index in [2.05, 4.69) is 36.6 Å². The fourth-order valence-electron chi connectivity index (χ4n) is 6.99. The van der Waals surface area contributed by atoms with E-state index in [1.54, 1.807) is 27.1 Å². The van der Waals surface area contributed by atoms with Crippen LogP contribution in [0.15, 0.2) is 18.2 Å². The van der Waals surface area contributed by atoms with E-state index in [-0.39, 0.29) is 6.10 Å². The number of nitrogens with zero attached hydrogens (tertiary/aromatic N) is 1. The first-order valence-electron chi connectivity index (χ1n) is 13.2. The number of hydrogen-bond acceptors (Lipinski definition) is 1. The smallest absolute Gasteiger partial charge is 0.152 e. The molecule has 1 aliphatic heterocycles. The van der Waals surface area contributed by atoms with Crippen molar-refractivity contribution < 1.29 is 14.9 Å². The number of rotatable bonds is 7. The normalized spacial score (nSPS) is 25.2. The average molecular weight is 426 g/mol. The van der Waals surface area contributed by atoms with Crippen LogP contribution in [0, 0.1) is 0 Å². The fraction of sp³-hybridized carbons (Fsp3) is 0.704. The van der Waals surface area contributed by atoms with Crippen molar-refractivity contribution in [3.63, 3.8) is 0 Å². The molecule has 0 spiro atoms. The van der Waals surface area contributed by atoms with Crippen LogP contribution in [0.4, 0.5) is 0 Å². The van der Waals surface area contributed by atoms with Crippen molar-refractivity contribution in [2.24, 2.45) is 0 Å². The Balaban J connectivity index is 1.42. The molecule has 31 heavy (non-hydrogen) atoms. The first-order valence-corrected chi connectivity index (χ1v) is 13.2. The number of likely N-dealkylation sites (N-methyl/N-ethyl adjacent to an activating group) is 1. The number of aromatic nitrogens is 1. The Bertz CT molecular complexity index is 894. The van der Waals surface area contributed by atoms with Crippen LogP contribution in [-0.2, 0) is 13.0 Å². The van der Waals surface area contributed by atoms with Gasteiger partial charge >= 0.3 is 0 Å². The zero-order chi connectivity index (χ0) is 21.4. The van der Waals surface area contributed by atoms with Crippen LogP contribution in [-0.4, -0.2) is 48.5 Å². The molecule has 4 nitrogen and oxygen atoms in total. The first kappa shape index (κ1) is 21.5. The summed E-state index contributed by atoms with van der Waals surface area (Å²) in [6.07, 6.45) is 10.6. The minimum atomic E-state index is -0.191. The van der Waals surface area contributed by atoms with E-state index in [9.17, 15) is 5.11 Å². The summed E-state index contributed by atoms with van der Waals surface area (Å²) in [6.45, 7) is 10.7. The number of aliphatic hydroxyl groups is 1. The summed E-state index contributed by atoms with van der Waals surface area (Å²) in [5, 5.41) is 12.4. The zero-order valence-electron chi connectivity index (χ0n) is 19.8. The third-order valence-corrected chi connectivity index (χ3v) is 8.73. The highest BCUT2D eigenvalue weighted by molar-refractivity contribution is 5.87. The molecular weight excluding hydrogens is 382 g/mol. The second-order valence-electron chi connectivity index (χ2n) is 10.5. The van der Waals surface area contributed by atoms with Gasteiger partial charge in [-0.05, 0) is 68.7 Å².